The van der Waals surface area contributed by atoms with E-state index in [4.69, 9.17) is 28.7 Å². The number of thiazole rings is 1. The third-order valence-electron chi connectivity index (χ3n) is 13.1. The lowest BCUT2D eigenvalue weighted by Crippen LogP contribution is -2.61. The van der Waals surface area contributed by atoms with E-state index in [9.17, 15) is 19.5 Å². The monoisotopic (exact) mass is 871 g/mol. The van der Waals surface area contributed by atoms with E-state index in [0.717, 1.165) is 21.6 Å². The second kappa shape index (κ2) is 19.4. The van der Waals surface area contributed by atoms with Crippen LogP contribution in [0.5, 0.6) is 0 Å². The van der Waals surface area contributed by atoms with Crippen LogP contribution in [0.3, 0.4) is 0 Å². The predicted octanol–water partition coefficient (Wildman–Crippen LogP) is 5.56. The number of rotatable bonds is 11. The molecule has 0 radical (unpaired) electrons. The molecule has 0 bridgehead atoms. The molecule has 3 aliphatic rings. The zero-order chi connectivity index (χ0) is 44.4. The van der Waals surface area contributed by atoms with Crippen LogP contribution in [-0.4, -0.2) is 147 Å². The Bertz CT molecular complexity index is 1950. The number of aromatic nitrogens is 4. The number of Topliss-reactive ketones (excluding diaryl/α,β-unsaturated/α-hetero) is 1. The molecule has 3 aliphatic heterocycles. The molecule has 340 valence electrons. The molecule has 3 fully saturated rings. The molecular weight excluding hydrogens is 803 g/mol. The van der Waals surface area contributed by atoms with Gasteiger partial charge in [0.25, 0.3) is 0 Å². The molecule has 0 aliphatic carbocycles. The summed E-state index contributed by atoms with van der Waals surface area (Å²) in [5.74, 6) is -3.16. The number of ketones is 1. The van der Waals surface area contributed by atoms with Crippen LogP contribution >= 0.6 is 11.3 Å². The molecule has 17 heteroatoms. The van der Waals surface area contributed by atoms with Gasteiger partial charge in [-0.1, -0.05) is 38.1 Å². The van der Waals surface area contributed by atoms with Crippen molar-refractivity contribution in [1.29, 1.82) is 0 Å². The van der Waals surface area contributed by atoms with Crippen LogP contribution in [0, 0.1) is 17.8 Å². The van der Waals surface area contributed by atoms with Crippen LogP contribution in [0.1, 0.15) is 88.9 Å². The van der Waals surface area contributed by atoms with Crippen molar-refractivity contribution in [2.75, 3.05) is 34.3 Å². The maximum absolute atomic E-state index is 14.4. The number of ether oxygens (including phenoxy) is 5. The number of carbonyl (C=O) groups excluding carboxylic acids is 3. The predicted molar refractivity (Wildman–Crippen MR) is 233 cm³/mol. The smallest absolute Gasteiger partial charge is 0.410 e. The van der Waals surface area contributed by atoms with Crippen LogP contribution in [0.25, 0.3) is 20.9 Å². The number of hydrogen-bond acceptors (Lipinski definition) is 15. The number of benzene rings is 1. The summed E-state index contributed by atoms with van der Waals surface area (Å²) in [6.45, 7) is 16.5. The van der Waals surface area contributed by atoms with Crippen molar-refractivity contribution >= 4 is 39.4 Å². The Balaban J connectivity index is 0.00000726. The highest BCUT2D eigenvalue weighted by molar-refractivity contribution is 7.21. The molecule has 1 amide bonds. The number of fused-ring (bicyclic) bond motifs is 2. The van der Waals surface area contributed by atoms with Crippen LogP contribution < -0.4 is 5.32 Å². The molecule has 13 atom stereocenters. The lowest BCUT2D eigenvalue weighted by molar-refractivity contribution is -0.295. The van der Waals surface area contributed by atoms with Crippen LogP contribution in [-0.2, 0) is 39.8 Å². The number of aryl methyl sites for hydroxylation is 1. The van der Waals surface area contributed by atoms with E-state index in [1.54, 1.807) is 41.9 Å². The standard InChI is InChI=1S/C44H67N7O9S.H2/c1-12-34-44(8)37(51(42(55)60-44)20-16-15-19-50-24-31(47-48-50)39-46-30-17-13-14-18-33(30)61-39)29(6)45-23-25(2)22-43(7,56-11)38(27(4)35(52)28(5)40(54)58-34)59-41-36(53)32(49(9)10)21-26(3)57-41;/h13-14,17-18,24-29,32,34,36-38,41,45,53H,12,15-16,19-23H2,1-11H3;1H/t25-,26-,27+,28-,29-,32?,34-,36?,37-,38-,41+,43-,44-;/m1./s1. The fourth-order valence-electron chi connectivity index (χ4n) is 9.70. The summed E-state index contributed by atoms with van der Waals surface area (Å²) in [6, 6.07) is 6.94. The molecule has 6 rings (SSSR count). The van der Waals surface area contributed by atoms with Crippen molar-refractivity contribution < 1.29 is 44.6 Å². The Labute approximate surface area is 365 Å². The number of amides is 1. The number of para-hydroxylation sites is 1. The topological polar surface area (TPSA) is 180 Å². The molecule has 61 heavy (non-hydrogen) atoms. The average molecular weight is 872 g/mol. The molecule has 2 aromatic heterocycles. The number of methoxy groups -OCH3 is 1. The molecule has 3 aromatic rings. The lowest BCUT2D eigenvalue weighted by atomic mass is 9.78. The number of unbranched alkanes of at least 4 members (excludes halogenated alkanes) is 1. The van der Waals surface area contributed by atoms with Crippen molar-refractivity contribution in [3.8, 4) is 10.7 Å². The summed E-state index contributed by atoms with van der Waals surface area (Å²) in [7, 11) is 5.40. The van der Waals surface area contributed by atoms with Gasteiger partial charge in [0.05, 0.1) is 40.3 Å². The Morgan fingerprint density at radius 3 is 2.49 bits per heavy atom. The van der Waals surface area contributed by atoms with Gasteiger partial charge in [-0.15, -0.1) is 16.4 Å². The first-order valence-corrected chi connectivity index (χ1v) is 22.7. The maximum Gasteiger partial charge on any atom is 0.410 e. The molecule has 1 aromatic carbocycles. The Hall–Kier alpha value is -3.58. The van der Waals surface area contributed by atoms with Gasteiger partial charge < -0.3 is 39.0 Å². The maximum atomic E-state index is 14.4. The number of nitrogens with zero attached hydrogens (tertiary/aromatic N) is 6. The lowest BCUT2D eigenvalue weighted by Gasteiger charge is -2.46. The van der Waals surface area contributed by atoms with Crippen molar-refractivity contribution in [2.45, 2.75) is 154 Å². The van der Waals surface area contributed by atoms with Crippen molar-refractivity contribution in [1.82, 2.24) is 35.1 Å². The summed E-state index contributed by atoms with van der Waals surface area (Å²) in [4.78, 5) is 50.7. The first kappa shape index (κ1) is 46.9. The van der Waals surface area contributed by atoms with E-state index >= 15 is 0 Å². The van der Waals surface area contributed by atoms with Crippen molar-refractivity contribution in [3.05, 3.63) is 30.5 Å². The van der Waals surface area contributed by atoms with E-state index in [2.05, 4.69) is 22.6 Å². The van der Waals surface area contributed by atoms with Gasteiger partial charge in [0.1, 0.15) is 28.8 Å². The number of esters is 1. The molecule has 0 saturated carbocycles. The minimum atomic E-state index is -1.23. The first-order chi connectivity index (χ1) is 28.9. The van der Waals surface area contributed by atoms with Gasteiger partial charge in [0.15, 0.2) is 17.7 Å². The Morgan fingerprint density at radius 1 is 1.08 bits per heavy atom. The van der Waals surface area contributed by atoms with E-state index in [0.29, 0.717) is 51.0 Å². The van der Waals surface area contributed by atoms with E-state index < -0.39 is 71.5 Å². The molecule has 2 N–H and O–H groups in total. The fraction of sp³-hybridized carbons (Fsp3) is 0.727. The minimum absolute atomic E-state index is 0. The van der Waals surface area contributed by atoms with Gasteiger partial charge in [-0.05, 0) is 105 Å². The number of aliphatic hydroxyl groups excluding tert-OH is 1. The Kier molecular flexibility index (Phi) is 14.9. The summed E-state index contributed by atoms with van der Waals surface area (Å²) in [6.07, 6.45) is 0.226. The fourth-order valence-corrected chi connectivity index (χ4v) is 10.6. The molecule has 2 unspecified atom stereocenters. The number of hydrogen-bond donors (Lipinski definition) is 2. The molecule has 5 heterocycles. The quantitative estimate of drug-likeness (QED) is 0.139. The molecule has 0 spiro atoms. The van der Waals surface area contributed by atoms with Gasteiger partial charge in [0.2, 0.25) is 0 Å². The molecule has 3 saturated heterocycles. The van der Waals surface area contributed by atoms with E-state index in [1.807, 2.05) is 84.1 Å². The van der Waals surface area contributed by atoms with E-state index in [1.165, 1.54) is 0 Å². The minimum Gasteiger partial charge on any atom is -0.458 e. The van der Waals surface area contributed by atoms with Crippen molar-refractivity contribution in [2.24, 2.45) is 17.8 Å². The van der Waals surface area contributed by atoms with Crippen molar-refractivity contribution in [3.63, 3.8) is 0 Å². The third-order valence-corrected chi connectivity index (χ3v) is 14.2. The molecular formula is C44H69N7O9S. The second-order valence-corrected chi connectivity index (χ2v) is 19.2. The van der Waals surface area contributed by atoms with Gasteiger partial charge in [-0.3, -0.25) is 19.2 Å². The number of carbonyl (C=O) groups is 3. The van der Waals surface area contributed by atoms with Crippen LogP contribution in [0.2, 0.25) is 0 Å². The number of aliphatic hydroxyl groups is 1. The Morgan fingerprint density at radius 2 is 1.80 bits per heavy atom. The van der Waals surface area contributed by atoms with Gasteiger partial charge in [-0.2, -0.15) is 0 Å². The highest BCUT2D eigenvalue weighted by Gasteiger charge is 2.58. The number of likely N-dealkylation sites (N-methyl/N-ethyl adjacent to an activating group) is 1. The first-order valence-electron chi connectivity index (χ1n) is 21.8. The number of cyclic esters (lactones) is 1. The molecule has 16 nitrogen and oxygen atoms in total. The largest absolute Gasteiger partial charge is 0.458 e. The zero-order valence-corrected chi connectivity index (χ0v) is 38.5. The summed E-state index contributed by atoms with van der Waals surface area (Å²) in [5.41, 5.74) is -0.630. The van der Waals surface area contributed by atoms with E-state index in [-0.39, 0.29) is 25.5 Å². The number of nitrogens with one attached hydrogen (secondary N) is 1. The van der Waals surface area contributed by atoms with Gasteiger partial charge in [0, 0.05) is 39.6 Å². The average Bonchev–Trinajstić information content (AvgIpc) is 3.95. The summed E-state index contributed by atoms with van der Waals surface area (Å²) in [5, 5.41) is 24.7. The highest BCUT2D eigenvalue weighted by atomic mass is 32.1. The van der Waals surface area contributed by atoms with Crippen LogP contribution in [0.4, 0.5) is 4.79 Å². The highest BCUT2D eigenvalue weighted by Crippen LogP contribution is 2.40. The zero-order valence-electron chi connectivity index (χ0n) is 37.7. The van der Waals surface area contributed by atoms with Gasteiger partial charge in [-0.25, -0.2) is 9.78 Å². The normalized spacial score (nSPS) is 35.8. The van der Waals surface area contributed by atoms with Gasteiger partial charge >= 0.3 is 12.1 Å². The second-order valence-electron chi connectivity index (χ2n) is 18.1. The SMILES string of the molecule is CC[C@H]1OC(=O)[C@H](C)C(=O)[C@H](C)[C@@H](O[C@@H]2O[C@H](C)CC(N(C)C)C2O)[C@](C)(OC)C[C@@H](C)CN[C@H](C)[C@H]2N(CCCCn3cc(-c4nc5ccccc5s4)nn3)C(=O)O[C@]12C.[HH]. The summed E-state index contributed by atoms with van der Waals surface area (Å²) >= 11 is 1.58. The third kappa shape index (κ3) is 9.98. The summed E-state index contributed by atoms with van der Waals surface area (Å²) < 4.78 is 34.5. The van der Waals surface area contributed by atoms with Crippen LogP contribution in [0.15, 0.2) is 30.5 Å².